The number of halogens is 2. The van der Waals surface area contributed by atoms with Gasteiger partial charge in [-0.05, 0) is 29.8 Å². The standard InChI is InChI=1S/C19H18Cl2N2O3S2/c1-26-18-5-3-2-4-16(18)23-17-11-28(24,25)10-15(17)22-19(23)27-9-12-6-7-13(20)14(21)8-12/h2-8,15,17H,9-11H2,1H3/t15-,17+/m1/s1. The van der Waals surface area contributed by atoms with Gasteiger partial charge in [-0.3, -0.25) is 4.99 Å². The van der Waals surface area contributed by atoms with Gasteiger partial charge in [0.1, 0.15) is 5.75 Å². The van der Waals surface area contributed by atoms with E-state index in [1.165, 1.54) is 0 Å². The van der Waals surface area contributed by atoms with Crippen LogP contribution in [0.1, 0.15) is 5.56 Å². The van der Waals surface area contributed by atoms with E-state index in [1.54, 1.807) is 24.9 Å². The molecule has 4 rings (SSSR count). The second kappa shape index (κ2) is 7.78. The van der Waals surface area contributed by atoms with E-state index in [-0.39, 0.29) is 23.6 Å². The Hall–Kier alpha value is -1.41. The van der Waals surface area contributed by atoms with Crippen molar-refractivity contribution in [1.29, 1.82) is 0 Å². The molecule has 2 heterocycles. The van der Waals surface area contributed by atoms with E-state index < -0.39 is 9.84 Å². The molecule has 2 aliphatic heterocycles. The first kappa shape index (κ1) is 19.9. The molecular formula is C19H18Cl2N2O3S2. The lowest BCUT2D eigenvalue weighted by molar-refractivity contribution is 0.415. The van der Waals surface area contributed by atoms with E-state index in [0.29, 0.717) is 21.5 Å². The number of fused-ring (bicyclic) bond motifs is 1. The molecule has 2 aliphatic rings. The van der Waals surface area contributed by atoms with Crippen molar-refractivity contribution in [2.45, 2.75) is 17.8 Å². The third-order valence-electron chi connectivity index (χ3n) is 4.80. The Kier molecular flexibility index (Phi) is 5.53. The second-order valence-corrected chi connectivity index (χ2v) is 10.6. The van der Waals surface area contributed by atoms with Gasteiger partial charge in [-0.15, -0.1) is 0 Å². The summed E-state index contributed by atoms with van der Waals surface area (Å²) in [7, 11) is -1.49. The first-order valence-corrected chi connectivity index (χ1v) is 12.2. The molecule has 0 spiro atoms. The average Bonchev–Trinajstić information content (AvgIpc) is 3.13. The van der Waals surface area contributed by atoms with Gasteiger partial charge in [-0.25, -0.2) is 8.42 Å². The van der Waals surface area contributed by atoms with E-state index in [0.717, 1.165) is 16.4 Å². The van der Waals surface area contributed by atoms with Gasteiger partial charge < -0.3 is 9.64 Å². The number of hydrogen-bond donors (Lipinski definition) is 0. The van der Waals surface area contributed by atoms with Gasteiger partial charge in [-0.2, -0.15) is 0 Å². The molecule has 0 aliphatic carbocycles. The highest BCUT2D eigenvalue weighted by Crippen LogP contribution is 2.40. The zero-order valence-electron chi connectivity index (χ0n) is 15.0. The van der Waals surface area contributed by atoms with Crippen LogP contribution in [0.15, 0.2) is 47.5 Å². The van der Waals surface area contributed by atoms with Crippen molar-refractivity contribution in [2.24, 2.45) is 4.99 Å². The molecule has 2 atom stereocenters. The molecule has 0 unspecified atom stereocenters. The van der Waals surface area contributed by atoms with Gasteiger partial charge in [-0.1, -0.05) is 53.2 Å². The van der Waals surface area contributed by atoms with Crippen molar-refractivity contribution in [3.63, 3.8) is 0 Å². The normalized spacial score (nSPS) is 22.8. The van der Waals surface area contributed by atoms with E-state index in [4.69, 9.17) is 32.9 Å². The molecule has 1 fully saturated rings. The molecule has 9 heteroatoms. The highest BCUT2D eigenvalue weighted by Gasteiger charge is 2.47. The average molecular weight is 457 g/mol. The van der Waals surface area contributed by atoms with Crippen LogP contribution in [0.25, 0.3) is 0 Å². The van der Waals surface area contributed by atoms with Crippen molar-refractivity contribution in [1.82, 2.24) is 0 Å². The van der Waals surface area contributed by atoms with Crippen LogP contribution in [-0.4, -0.2) is 44.3 Å². The number of anilines is 1. The minimum atomic E-state index is -3.10. The van der Waals surface area contributed by atoms with Crippen molar-refractivity contribution in [2.75, 3.05) is 23.5 Å². The molecule has 0 radical (unpaired) electrons. The Morgan fingerprint density at radius 3 is 2.71 bits per heavy atom. The highest BCUT2D eigenvalue weighted by molar-refractivity contribution is 8.13. The fraction of sp³-hybridized carbons (Fsp3) is 0.316. The largest absolute Gasteiger partial charge is 0.495 e. The van der Waals surface area contributed by atoms with Gasteiger partial charge in [0.2, 0.25) is 0 Å². The van der Waals surface area contributed by atoms with Crippen molar-refractivity contribution in [3.05, 3.63) is 58.1 Å². The quantitative estimate of drug-likeness (QED) is 0.686. The Morgan fingerprint density at radius 2 is 1.96 bits per heavy atom. The summed E-state index contributed by atoms with van der Waals surface area (Å²) in [6.07, 6.45) is 0. The second-order valence-electron chi connectivity index (χ2n) is 6.70. The lowest BCUT2D eigenvalue weighted by Crippen LogP contribution is -2.39. The van der Waals surface area contributed by atoms with Crippen LogP contribution in [0.5, 0.6) is 5.75 Å². The maximum atomic E-state index is 12.2. The molecule has 0 saturated carbocycles. The predicted molar refractivity (Wildman–Crippen MR) is 117 cm³/mol. The molecule has 148 valence electrons. The number of aliphatic imine (C=N–C) groups is 1. The Bertz CT molecular complexity index is 1040. The van der Waals surface area contributed by atoms with Crippen LogP contribution < -0.4 is 9.64 Å². The zero-order valence-corrected chi connectivity index (χ0v) is 18.2. The highest BCUT2D eigenvalue weighted by atomic mass is 35.5. The molecule has 28 heavy (non-hydrogen) atoms. The van der Waals surface area contributed by atoms with Crippen LogP contribution in [0.4, 0.5) is 5.69 Å². The van der Waals surface area contributed by atoms with Crippen molar-refractivity contribution < 1.29 is 13.2 Å². The number of hydrogen-bond acceptors (Lipinski definition) is 6. The number of rotatable bonds is 4. The monoisotopic (exact) mass is 456 g/mol. The molecule has 5 nitrogen and oxygen atoms in total. The molecular weight excluding hydrogens is 439 g/mol. The Labute approximate surface area is 178 Å². The number of thioether (sulfide) groups is 1. The third-order valence-corrected chi connectivity index (χ3v) is 8.28. The van der Waals surface area contributed by atoms with Crippen LogP contribution >= 0.6 is 35.0 Å². The summed E-state index contributed by atoms with van der Waals surface area (Å²) in [6.45, 7) is 0. The fourth-order valence-corrected chi connectivity index (χ4v) is 6.74. The first-order chi connectivity index (χ1) is 13.4. The lowest BCUT2D eigenvalue weighted by atomic mass is 10.1. The van der Waals surface area contributed by atoms with E-state index in [2.05, 4.69) is 0 Å². The molecule has 1 saturated heterocycles. The molecule has 0 aromatic heterocycles. The maximum absolute atomic E-state index is 12.2. The number of nitrogens with zero attached hydrogens (tertiary/aromatic N) is 2. The topological polar surface area (TPSA) is 59.0 Å². The summed E-state index contributed by atoms with van der Waals surface area (Å²) in [5, 5.41) is 1.82. The van der Waals surface area contributed by atoms with Crippen molar-refractivity contribution >= 4 is 55.7 Å². The van der Waals surface area contributed by atoms with Crippen molar-refractivity contribution in [3.8, 4) is 5.75 Å². The Morgan fingerprint density at radius 1 is 1.18 bits per heavy atom. The zero-order chi connectivity index (χ0) is 19.9. The number of para-hydroxylation sites is 2. The predicted octanol–water partition coefficient (Wildman–Crippen LogP) is 4.28. The van der Waals surface area contributed by atoms with Gasteiger partial charge in [0.15, 0.2) is 15.0 Å². The summed E-state index contributed by atoms with van der Waals surface area (Å²) in [5.74, 6) is 1.51. The van der Waals surface area contributed by atoms with Gasteiger partial charge in [0, 0.05) is 5.75 Å². The summed E-state index contributed by atoms with van der Waals surface area (Å²) in [4.78, 5) is 6.76. The summed E-state index contributed by atoms with van der Waals surface area (Å²) < 4.78 is 29.9. The fourth-order valence-electron chi connectivity index (χ4n) is 3.52. The minimum absolute atomic E-state index is 0.0835. The van der Waals surface area contributed by atoms with E-state index in [9.17, 15) is 8.42 Å². The van der Waals surface area contributed by atoms with Gasteiger partial charge >= 0.3 is 0 Å². The number of amidine groups is 1. The van der Waals surface area contributed by atoms with Gasteiger partial charge in [0.25, 0.3) is 0 Å². The van der Waals surface area contributed by atoms with Gasteiger partial charge in [0.05, 0.1) is 46.4 Å². The molecule has 0 N–H and O–H groups in total. The van der Waals surface area contributed by atoms with Crippen LogP contribution in [-0.2, 0) is 15.6 Å². The molecule has 0 amide bonds. The molecule has 2 aromatic carbocycles. The summed E-state index contributed by atoms with van der Waals surface area (Å²) in [5.41, 5.74) is 1.85. The number of ether oxygens (including phenoxy) is 1. The van der Waals surface area contributed by atoms with Crippen LogP contribution in [0.3, 0.4) is 0 Å². The molecule has 2 aromatic rings. The van der Waals surface area contributed by atoms with E-state index >= 15 is 0 Å². The molecule has 0 bridgehead atoms. The minimum Gasteiger partial charge on any atom is -0.495 e. The van der Waals surface area contributed by atoms with E-state index in [1.807, 2.05) is 41.3 Å². The number of benzene rings is 2. The number of sulfone groups is 1. The Balaban J connectivity index is 1.64. The van der Waals surface area contributed by atoms with Crippen LogP contribution in [0, 0.1) is 0 Å². The summed E-state index contributed by atoms with van der Waals surface area (Å²) in [6, 6.07) is 12.7. The summed E-state index contributed by atoms with van der Waals surface area (Å²) >= 11 is 13.7. The third kappa shape index (κ3) is 3.85. The smallest absolute Gasteiger partial charge is 0.164 e. The lowest BCUT2D eigenvalue weighted by Gasteiger charge is -2.27. The first-order valence-electron chi connectivity index (χ1n) is 8.65. The number of methoxy groups -OCH3 is 1. The maximum Gasteiger partial charge on any atom is 0.164 e. The van der Waals surface area contributed by atoms with Crippen LogP contribution in [0.2, 0.25) is 10.0 Å². The SMILES string of the molecule is COc1ccccc1N1C(SCc2ccc(Cl)c(Cl)c2)=N[C@@H]2CS(=O)(=O)C[C@@H]21.